The zero-order valence-corrected chi connectivity index (χ0v) is 16.6. The lowest BCUT2D eigenvalue weighted by Gasteiger charge is -2.12. The van der Waals surface area contributed by atoms with Crippen LogP contribution in [-0.4, -0.2) is 19.5 Å². The number of aryl methyl sites for hydroxylation is 1. The molecule has 0 radical (unpaired) electrons. The minimum Gasteiger partial charge on any atom is -0.381 e. The lowest BCUT2D eigenvalue weighted by atomic mass is 10.0. The van der Waals surface area contributed by atoms with Crippen LogP contribution in [0.15, 0.2) is 73.4 Å². The van der Waals surface area contributed by atoms with Gasteiger partial charge in [-0.2, -0.15) is 0 Å². The molecule has 3 heterocycles. The number of anilines is 1. The number of fused-ring (bicyclic) bond motifs is 2. The van der Waals surface area contributed by atoms with Gasteiger partial charge in [-0.05, 0) is 41.3 Å². The van der Waals surface area contributed by atoms with Crippen molar-refractivity contribution in [1.82, 2.24) is 19.5 Å². The van der Waals surface area contributed by atoms with Gasteiger partial charge < -0.3 is 9.88 Å². The number of nitrogens with zero attached hydrogens (tertiary/aromatic N) is 4. The zero-order valence-electron chi connectivity index (χ0n) is 15.8. The SMILES string of the molecule is Cn1ccc2ccc(-c3cc(NCc4cnccc4Cl)cc4nccnc34)cc21. The standard InChI is InChI=1S/C23H18ClN5/c1-29-9-5-15-2-3-16(10-22(15)29)19-11-18(12-21-23(19)27-8-7-26-21)28-14-17-13-25-6-4-20(17)24/h2-13,28H,14H2,1H3. The average Bonchev–Trinajstić information content (AvgIpc) is 3.13. The summed E-state index contributed by atoms with van der Waals surface area (Å²) in [5, 5.41) is 5.36. The van der Waals surface area contributed by atoms with Crippen LogP contribution >= 0.6 is 11.6 Å². The van der Waals surface area contributed by atoms with E-state index in [-0.39, 0.29) is 0 Å². The molecule has 142 valence electrons. The van der Waals surface area contributed by atoms with E-state index in [2.05, 4.69) is 68.4 Å². The topological polar surface area (TPSA) is 55.6 Å². The van der Waals surface area contributed by atoms with Gasteiger partial charge >= 0.3 is 0 Å². The number of halogens is 1. The van der Waals surface area contributed by atoms with E-state index < -0.39 is 0 Å². The zero-order chi connectivity index (χ0) is 19.8. The van der Waals surface area contributed by atoms with Crippen molar-refractivity contribution in [3.63, 3.8) is 0 Å². The Labute approximate surface area is 173 Å². The molecule has 5 aromatic rings. The number of hydrogen-bond acceptors (Lipinski definition) is 4. The molecule has 3 aromatic heterocycles. The van der Waals surface area contributed by atoms with E-state index >= 15 is 0 Å². The van der Waals surface area contributed by atoms with Gasteiger partial charge in [0.15, 0.2) is 0 Å². The summed E-state index contributed by atoms with van der Waals surface area (Å²) in [6, 6.07) is 14.5. The highest BCUT2D eigenvalue weighted by molar-refractivity contribution is 6.31. The van der Waals surface area contributed by atoms with E-state index in [9.17, 15) is 0 Å². The van der Waals surface area contributed by atoms with Gasteiger partial charge in [0.2, 0.25) is 0 Å². The molecule has 0 aliphatic heterocycles. The maximum Gasteiger partial charge on any atom is 0.0966 e. The number of rotatable bonds is 4. The third-order valence-corrected chi connectivity index (χ3v) is 5.47. The molecule has 0 atom stereocenters. The molecule has 0 unspecified atom stereocenters. The summed E-state index contributed by atoms with van der Waals surface area (Å²) >= 11 is 6.27. The molecule has 0 aliphatic carbocycles. The van der Waals surface area contributed by atoms with Crippen LogP contribution in [0.5, 0.6) is 0 Å². The van der Waals surface area contributed by atoms with E-state index in [4.69, 9.17) is 11.6 Å². The first-order valence-electron chi connectivity index (χ1n) is 9.31. The van der Waals surface area contributed by atoms with E-state index in [0.29, 0.717) is 11.6 Å². The second-order valence-electron chi connectivity index (χ2n) is 6.97. The Morgan fingerprint density at radius 3 is 2.79 bits per heavy atom. The summed E-state index contributed by atoms with van der Waals surface area (Å²) in [7, 11) is 2.06. The predicted molar refractivity (Wildman–Crippen MR) is 118 cm³/mol. The van der Waals surface area contributed by atoms with Crippen LogP contribution in [0, 0.1) is 0 Å². The molecular weight excluding hydrogens is 382 g/mol. The lowest BCUT2D eigenvalue weighted by molar-refractivity contribution is 0.969. The molecule has 0 fully saturated rings. The average molecular weight is 400 g/mol. The summed E-state index contributed by atoms with van der Waals surface area (Å²) in [6.45, 7) is 0.578. The third-order valence-electron chi connectivity index (χ3n) is 5.10. The number of benzene rings is 2. The molecule has 1 N–H and O–H groups in total. The Hall–Kier alpha value is -3.44. The van der Waals surface area contributed by atoms with Crippen molar-refractivity contribution in [2.75, 3.05) is 5.32 Å². The first-order chi connectivity index (χ1) is 14.2. The van der Waals surface area contributed by atoms with E-state index in [1.165, 1.54) is 10.9 Å². The van der Waals surface area contributed by atoms with Gasteiger partial charge in [-0.3, -0.25) is 15.0 Å². The summed E-state index contributed by atoms with van der Waals surface area (Å²) < 4.78 is 2.12. The summed E-state index contributed by atoms with van der Waals surface area (Å²) in [5.41, 5.74) is 6.95. The number of pyridine rings is 1. The van der Waals surface area contributed by atoms with E-state index in [0.717, 1.165) is 33.4 Å². The Kier molecular flexibility index (Phi) is 4.37. The van der Waals surface area contributed by atoms with Crippen molar-refractivity contribution in [1.29, 1.82) is 0 Å². The van der Waals surface area contributed by atoms with Crippen molar-refractivity contribution in [3.05, 3.63) is 84.0 Å². The van der Waals surface area contributed by atoms with Crippen molar-refractivity contribution in [2.45, 2.75) is 6.54 Å². The highest BCUT2D eigenvalue weighted by Gasteiger charge is 2.11. The largest absolute Gasteiger partial charge is 0.381 e. The van der Waals surface area contributed by atoms with Gasteiger partial charge in [0.1, 0.15) is 0 Å². The fraction of sp³-hybridized carbons (Fsp3) is 0.0870. The van der Waals surface area contributed by atoms with Gasteiger partial charge in [-0.25, -0.2) is 0 Å². The van der Waals surface area contributed by atoms with Gasteiger partial charge in [-0.1, -0.05) is 23.7 Å². The van der Waals surface area contributed by atoms with Gasteiger partial charge in [-0.15, -0.1) is 0 Å². The number of aromatic nitrogens is 4. The summed E-state index contributed by atoms with van der Waals surface area (Å²) in [6.07, 6.45) is 8.99. The molecule has 0 aliphatic rings. The van der Waals surface area contributed by atoms with Crippen LogP contribution < -0.4 is 5.32 Å². The lowest BCUT2D eigenvalue weighted by Crippen LogP contribution is -2.01. The van der Waals surface area contributed by atoms with Gasteiger partial charge in [0.05, 0.1) is 11.0 Å². The molecule has 0 bridgehead atoms. The Morgan fingerprint density at radius 2 is 1.90 bits per heavy atom. The predicted octanol–water partition coefficient (Wildman–Crippen LogP) is 5.45. The molecular formula is C23H18ClN5. The van der Waals surface area contributed by atoms with Crippen LogP contribution in [0.2, 0.25) is 5.02 Å². The van der Waals surface area contributed by atoms with Crippen molar-refractivity contribution >= 4 is 39.2 Å². The molecule has 0 amide bonds. The first kappa shape index (κ1) is 17.6. The fourth-order valence-corrected chi connectivity index (χ4v) is 3.74. The third kappa shape index (κ3) is 3.30. The maximum absolute atomic E-state index is 6.27. The van der Waals surface area contributed by atoms with Crippen LogP contribution in [0.3, 0.4) is 0 Å². The normalized spacial score (nSPS) is 11.2. The van der Waals surface area contributed by atoms with Crippen LogP contribution in [0.1, 0.15) is 5.56 Å². The van der Waals surface area contributed by atoms with Crippen LogP contribution in [0.25, 0.3) is 33.1 Å². The molecule has 2 aromatic carbocycles. The minimum absolute atomic E-state index is 0.578. The molecule has 0 spiro atoms. The quantitative estimate of drug-likeness (QED) is 0.436. The highest BCUT2D eigenvalue weighted by atomic mass is 35.5. The van der Waals surface area contributed by atoms with Crippen LogP contribution in [-0.2, 0) is 13.6 Å². The number of nitrogens with one attached hydrogen (secondary N) is 1. The van der Waals surface area contributed by atoms with Crippen molar-refractivity contribution in [3.8, 4) is 11.1 Å². The Morgan fingerprint density at radius 1 is 1.00 bits per heavy atom. The van der Waals surface area contributed by atoms with Gasteiger partial charge in [0, 0.05) is 71.9 Å². The van der Waals surface area contributed by atoms with Crippen molar-refractivity contribution < 1.29 is 0 Å². The van der Waals surface area contributed by atoms with E-state index in [1.807, 2.05) is 6.07 Å². The molecule has 0 saturated heterocycles. The summed E-state index contributed by atoms with van der Waals surface area (Å²) in [4.78, 5) is 13.3. The van der Waals surface area contributed by atoms with Gasteiger partial charge in [0.25, 0.3) is 0 Å². The second kappa shape index (κ2) is 7.18. The number of hydrogen-bond donors (Lipinski definition) is 1. The molecule has 5 nitrogen and oxygen atoms in total. The maximum atomic E-state index is 6.27. The fourth-order valence-electron chi connectivity index (χ4n) is 3.56. The Balaban J connectivity index is 1.60. The molecule has 6 heteroatoms. The highest BCUT2D eigenvalue weighted by Crippen LogP contribution is 2.32. The van der Waals surface area contributed by atoms with Crippen molar-refractivity contribution in [2.24, 2.45) is 7.05 Å². The molecule has 29 heavy (non-hydrogen) atoms. The monoisotopic (exact) mass is 399 g/mol. The van der Waals surface area contributed by atoms with E-state index in [1.54, 1.807) is 30.9 Å². The van der Waals surface area contributed by atoms with Crippen LogP contribution in [0.4, 0.5) is 5.69 Å². The molecule has 0 saturated carbocycles. The molecule has 5 rings (SSSR count). The summed E-state index contributed by atoms with van der Waals surface area (Å²) in [5.74, 6) is 0. The minimum atomic E-state index is 0.578. The second-order valence-corrected chi connectivity index (χ2v) is 7.38. The first-order valence-corrected chi connectivity index (χ1v) is 9.69. The Bertz CT molecular complexity index is 1340. The smallest absolute Gasteiger partial charge is 0.0966 e.